The molecule has 1 unspecified atom stereocenters. The van der Waals surface area contributed by atoms with Crippen LogP contribution in [0.1, 0.15) is 37.3 Å². The first-order chi connectivity index (χ1) is 7.84. The molecular weight excluding hydrogens is 196 g/mol. The summed E-state index contributed by atoms with van der Waals surface area (Å²) in [4.78, 5) is 0. The Hall–Kier alpha value is -1.31. The summed E-state index contributed by atoms with van der Waals surface area (Å²) in [6.07, 6.45) is 8.28. The minimum atomic E-state index is 0.515. The minimum Gasteiger partial charge on any atom is -0.263 e. The highest BCUT2D eigenvalue weighted by atomic mass is 15.5. The molecule has 0 fully saturated rings. The van der Waals surface area contributed by atoms with E-state index in [1.165, 1.54) is 36.9 Å². The lowest BCUT2D eigenvalue weighted by Crippen LogP contribution is -2.23. The molecule has 2 nitrogen and oxygen atoms in total. The van der Waals surface area contributed by atoms with Crippen molar-refractivity contribution in [3.63, 3.8) is 0 Å². The molecule has 0 aromatic heterocycles. The van der Waals surface area contributed by atoms with Crippen LogP contribution in [0, 0.1) is 0 Å². The van der Waals surface area contributed by atoms with E-state index in [1.807, 2.05) is 6.21 Å². The van der Waals surface area contributed by atoms with Crippen LogP contribution in [0.25, 0.3) is 0 Å². The third-order valence-electron chi connectivity index (χ3n) is 3.67. The fourth-order valence-corrected chi connectivity index (χ4v) is 2.68. The molecule has 3 rings (SSSR count). The number of rotatable bonds is 1. The Morgan fingerprint density at radius 3 is 2.75 bits per heavy atom. The molecule has 1 heterocycles. The fourth-order valence-electron chi connectivity index (χ4n) is 2.68. The van der Waals surface area contributed by atoms with Gasteiger partial charge in [-0.15, -0.1) is 0 Å². The molecule has 0 N–H and O–H groups in total. The summed E-state index contributed by atoms with van der Waals surface area (Å²) in [6.45, 7) is 2.23. The van der Waals surface area contributed by atoms with Crippen molar-refractivity contribution in [2.75, 3.05) is 5.01 Å². The number of nitrogens with zero attached hydrogens (tertiary/aromatic N) is 2. The van der Waals surface area contributed by atoms with E-state index in [4.69, 9.17) is 0 Å². The second kappa shape index (κ2) is 3.93. The maximum atomic E-state index is 4.44. The van der Waals surface area contributed by atoms with Crippen molar-refractivity contribution in [3.05, 3.63) is 29.3 Å². The molecule has 0 radical (unpaired) electrons. The molecule has 0 amide bonds. The highest BCUT2D eigenvalue weighted by Gasteiger charge is 2.19. The van der Waals surface area contributed by atoms with E-state index in [0.717, 1.165) is 6.42 Å². The van der Waals surface area contributed by atoms with Crippen LogP contribution in [-0.4, -0.2) is 12.3 Å². The van der Waals surface area contributed by atoms with Gasteiger partial charge in [0.25, 0.3) is 0 Å². The third-order valence-corrected chi connectivity index (χ3v) is 3.67. The van der Waals surface area contributed by atoms with Crippen molar-refractivity contribution in [2.24, 2.45) is 5.10 Å². The Morgan fingerprint density at radius 1 is 1.19 bits per heavy atom. The fraction of sp³-hybridized carbons (Fsp3) is 0.500. The van der Waals surface area contributed by atoms with Crippen molar-refractivity contribution in [3.8, 4) is 0 Å². The van der Waals surface area contributed by atoms with Crippen molar-refractivity contribution in [1.29, 1.82) is 0 Å². The molecule has 84 valence electrons. The second-order valence-corrected chi connectivity index (χ2v) is 4.89. The molecule has 0 saturated heterocycles. The number of aryl methyl sites for hydroxylation is 2. The maximum Gasteiger partial charge on any atom is 0.0600 e. The molecule has 16 heavy (non-hydrogen) atoms. The average molecular weight is 214 g/mol. The Balaban J connectivity index is 1.93. The SMILES string of the molecule is CC1CC=NN1c1ccc2c(c1)CCCC2. The molecule has 2 aliphatic rings. The summed E-state index contributed by atoms with van der Waals surface area (Å²) in [5, 5.41) is 6.59. The molecule has 1 aromatic rings. The largest absolute Gasteiger partial charge is 0.263 e. The quantitative estimate of drug-likeness (QED) is 0.701. The first-order valence-electron chi connectivity index (χ1n) is 6.28. The monoisotopic (exact) mass is 214 g/mol. The molecule has 1 aromatic carbocycles. The topological polar surface area (TPSA) is 15.6 Å². The summed E-state index contributed by atoms with van der Waals surface area (Å²) < 4.78 is 0. The lowest BCUT2D eigenvalue weighted by atomic mass is 9.91. The highest BCUT2D eigenvalue weighted by Crippen LogP contribution is 2.28. The van der Waals surface area contributed by atoms with E-state index in [0.29, 0.717) is 6.04 Å². The smallest absolute Gasteiger partial charge is 0.0600 e. The van der Waals surface area contributed by atoms with Crippen LogP contribution >= 0.6 is 0 Å². The standard InChI is InChI=1S/C14H18N2/c1-11-8-9-15-16(11)14-7-6-12-4-2-3-5-13(12)10-14/h6-7,9-11H,2-5,8H2,1H3. The summed E-state index contributed by atoms with van der Waals surface area (Å²) in [6, 6.07) is 7.38. The first-order valence-corrected chi connectivity index (χ1v) is 6.28. The number of hydrogen-bond donors (Lipinski definition) is 0. The van der Waals surface area contributed by atoms with Crippen molar-refractivity contribution < 1.29 is 0 Å². The number of hydrazone groups is 1. The van der Waals surface area contributed by atoms with E-state index in [2.05, 4.69) is 35.2 Å². The lowest BCUT2D eigenvalue weighted by molar-refractivity contribution is 0.681. The van der Waals surface area contributed by atoms with Gasteiger partial charge in [-0.05, 0) is 55.9 Å². The normalized spacial score (nSPS) is 23.6. The van der Waals surface area contributed by atoms with Gasteiger partial charge < -0.3 is 0 Å². The zero-order valence-corrected chi connectivity index (χ0v) is 9.82. The van der Waals surface area contributed by atoms with Crippen molar-refractivity contribution in [2.45, 2.75) is 45.1 Å². The van der Waals surface area contributed by atoms with E-state index in [9.17, 15) is 0 Å². The molecule has 0 saturated carbocycles. The maximum absolute atomic E-state index is 4.44. The Bertz CT molecular complexity index is 423. The van der Waals surface area contributed by atoms with Gasteiger partial charge in [-0.1, -0.05) is 6.07 Å². The van der Waals surface area contributed by atoms with Gasteiger partial charge >= 0.3 is 0 Å². The van der Waals surface area contributed by atoms with Gasteiger partial charge in [-0.2, -0.15) is 5.10 Å². The zero-order chi connectivity index (χ0) is 11.0. The van der Waals surface area contributed by atoms with Gasteiger partial charge in [-0.25, -0.2) is 0 Å². The van der Waals surface area contributed by atoms with Gasteiger partial charge in [0.1, 0.15) is 0 Å². The molecular formula is C14H18N2. The van der Waals surface area contributed by atoms with Crippen molar-refractivity contribution in [1.82, 2.24) is 0 Å². The van der Waals surface area contributed by atoms with Crippen LogP contribution in [0.5, 0.6) is 0 Å². The summed E-state index contributed by atoms with van der Waals surface area (Å²) >= 11 is 0. The lowest BCUT2D eigenvalue weighted by Gasteiger charge is -2.23. The summed E-state index contributed by atoms with van der Waals surface area (Å²) in [5.74, 6) is 0. The number of hydrogen-bond acceptors (Lipinski definition) is 2. The van der Waals surface area contributed by atoms with Crippen LogP contribution < -0.4 is 5.01 Å². The first kappa shape index (κ1) is 9.88. The molecule has 1 aliphatic carbocycles. The minimum absolute atomic E-state index is 0.515. The van der Waals surface area contributed by atoms with Gasteiger partial charge in [0, 0.05) is 12.6 Å². The third kappa shape index (κ3) is 1.62. The van der Waals surface area contributed by atoms with Crippen LogP contribution in [0.3, 0.4) is 0 Å². The van der Waals surface area contributed by atoms with Gasteiger partial charge in [-0.3, -0.25) is 5.01 Å². The van der Waals surface area contributed by atoms with Crippen molar-refractivity contribution >= 4 is 11.9 Å². The molecule has 1 atom stereocenters. The van der Waals surface area contributed by atoms with E-state index in [1.54, 1.807) is 5.56 Å². The highest BCUT2D eigenvalue weighted by molar-refractivity contribution is 5.67. The van der Waals surface area contributed by atoms with E-state index >= 15 is 0 Å². The summed E-state index contributed by atoms with van der Waals surface area (Å²) in [5.41, 5.74) is 4.35. The van der Waals surface area contributed by atoms with E-state index in [-0.39, 0.29) is 0 Å². The Kier molecular flexibility index (Phi) is 2.43. The van der Waals surface area contributed by atoms with Crippen LogP contribution in [0.2, 0.25) is 0 Å². The zero-order valence-electron chi connectivity index (χ0n) is 9.82. The number of benzene rings is 1. The molecule has 1 aliphatic heterocycles. The predicted octanol–water partition coefficient (Wildman–Crippen LogP) is 3.15. The molecule has 0 spiro atoms. The average Bonchev–Trinajstić information content (AvgIpc) is 2.75. The van der Waals surface area contributed by atoms with Gasteiger partial charge in [0.05, 0.1) is 11.7 Å². The number of fused-ring (bicyclic) bond motifs is 1. The summed E-state index contributed by atoms with van der Waals surface area (Å²) in [7, 11) is 0. The molecule has 2 heteroatoms. The van der Waals surface area contributed by atoms with Crippen LogP contribution in [0.4, 0.5) is 5.69 Å². The van der Waals surface area contributed by atoms with Gasteiger partial charge in [0.15, 0.2) is 0 Å². The van der Waals surface area contributed by atoms with Gasteiger partial charge in [0.2, 0.25) is 0 Å². The second-order valence-electron chi connectivity index (χ2n) is 4.89. The van der Waals surface area contributed by atoms with E-state index < -0.39 is 0 Å². The number of anilines is 1. The Labute approximate surface area is 97.0 Å². The Morgan fingerprint density at radius 2 is 2.00 bits per heavy atom. The molecule has 0 bridgehead atoms. The van der Waals surface area contributed by atoms with Crippen LogP contribution in [0.15, 0.2) is 23.3 Å². The predicted molar refractivity (Wildman–Crippen MR) is 68.1 cm³/mol. The van der Waals surface area contributed by atoms with Crippen LogP contribution in [-0.2, 0) is 12.8 Å².